The van der Waals surface area contributed by atoms with Gasteiger partial charge >= 0.3 is 0 Å². The van der Waals surface area contributed by atoms with Crippen molar-refractivity contribution in [1.29, 1.82) is 0 Å². The molecule has 0 aliphatic heterocycles. The molecule has 4 aromatic carbocycles. The monoisotopic (exact) mass is 460 g/mol. The van der Waals surface area contributed by atoms with Gasteiger partial charge in [0.1, 0.15) is 0 Å². The topological polar surface area (TPSA) is 52.0 Å². The summed E-state index contributed by atoms with van der Waals surface area (Å²) in [5, 5.41) is 0. The molecule has 0 radical (unpaired) electrons. The van der Waals surface area contributed by atoms with E-state index in [4.69, 9.17) is 11.5 Å². The molecule has 0 saturated heterocycles. The Morgan fingerprint density at radius 3 is 1.14 bits per heavy atom. The van der Waals surface area contributed by atoms with Crippen molar-refractivity contribution in [2.45, 2.75) is 57.8 Å². The highest BCUT2D eigenvalue weighted by atomic mass is 14.6. The van der Waals surface area contributed by atoms with Crippen molar-refractivity contribution in [3.8, 4) is 11.1 Å². The molecular formula is C33H36N2. The van der Waals surface area contributed by atoms with Crippen LogP contribution < -0.4 is 11.5 Å². The van der Waals surface area contributed by atoms with E-state index in [1.165, 1.54) is 44.5 Å². The molecule has 1 aliphatic rings. The molecule has 2 nitrogen and oxygen atoms in total. The Morgan fingerprint density at radius 2 is 0.829 bits per heavy atom. The van der Waals surface area contributed by atoms with Crippen LogP contribution in [0.5, 0.6) is 0 Å². The summed E-state index contributed by atoms with van der Waals surface area (Å²) in [6.45, 7) is 13.7. The van der Waals surface area contributed by atoms with Crippen LogP contribution in [0.3, 0.4) is 0 Å². The van der Waals surface area contributed by atoms with Crippen molar-refractivity contribution < 1.29 is 0 Å². The molecule has 0 bridgehead atoms. The SMILES string of the molecule is CC(C)(C)c1ccc2c(c1)C(c1ccc(N)cc1)(c1ccc(N)cc1)c1cc(C(C)(C)C)ccc1-2. The summed E-state index contributed by atoms with van der Waals surface area (Å²) in [7, 11) is 0. The zero-order chi connectivity index (χ0) is 25.2. The lowest BCUT2D eigenvalue weighted by Gasteiger charge is -2.35. The number of nitrogens with two attached hydrogens (primary N) is 2. The van der Waals surface area contributed by atoms with Crippen LogP contribution in [0.4, 0.5) is 11.4 Å². The van der Waals surface area contributed by atoms with Crippen molar-refractivity contribution in [2.75, 3.05) is 11.5 Å². The van der Waals surface area contributed by atoms with Crippen LogP contribution in [0.2, 0.25) is 0 Å². The van der Waals surface area contributed by atoms with Gasteiger partial charge in [0.25, 0.3) is 0 Å². The van der Waals surface area contributed by atoms with Crippen LogP contribution in [0.25, 0.3) is 11.1 Å². The summed E-state index contributed by atoms with van der Waals surface area (Å²) < 4.78 is 0. The summed E-state index contributed by atoms with van der Waals surface area (Å²) in [4.78, 5) is 0. The first-order valence-corrected chi connectivity index (χ1v) is 12.4. The van der Waals surface area contributed by atoms with Crippen molar-refractivity contribution in [1.82, 2.24) is 0 Å². The molecule has 0 amide bonds. The molecular weight excluding hydrogens is 424 g/mol. The van der Waals surface area contributed by atoms with Crippen LogP contribution in [-0.4, -0.2) is 0 Å². The fourth-order valence-electron chi connectivity index (χ4n) is 5.51. The van der Waals surface area contributed by atoms with Crippen molar-refractivity contribution in [3.05, 3.63) is 118 Å². The van der Waals surface area contributed by atoms with Gasteiger partial charge in [-0.2, -0.15) is 0 Å². The third-order valence-corrected chi connectivity index (χ3v) is 7.56. The zero-order valence-corrected chi connectivity index (χ0v) is 21.7. The van der Waals surface area contributed by atoms with Crippen molar-refractivity contribution in [2.24, 2.45) is 0 Å². The maximum atomic E-state index is 6.16. The number of anilines is 2. The second kappa shape index (κ2) is 7.75. The normalized spacial score (nSPS) is 14.5. The lowest BCUT2D eigenvalue weighted by molar-refractivity contribution is 0.586. The van der Waals surface area contributed by atoms with E-state index in [2.05, 4.69) is 102 Å². The predicted molar refractivity (Wildman–Crippen MR) is 150 cm³/mol. The van der Waals surface area contributed by atoms with E-state index in [1.54, 1.807) is 0 Å². The Kier molecular flexibility index (Phi) is 5.14. The molecule has 1 aliphatic carbocycles. The van der Waals surface area contributed by atoms with Gasteiger partial charge < -0.3 is 11.5 Å². The van der Waals surface area contributed by atoms with Gasteiger partial charge in [-0.3, -0.25) is 0 Å². The molecule has 0 unspecified atom stereocenters. The van der Waals surface area contributed by atoms with Gasteiger partial charge in [-0.1, -0.05) is 102 Å². The maximum Gasteiger partial charge on any atom is 0.0713 e. The smallest absolute Gasteiger partial charge is 0.0713 e. The fraction of sp³-hybridized carbons (Fsp3) is 0.273. The number of fused-ring (bicyclic) bond motifs is 3. The van der Waals surface area contributed by atoms with Gasteiger partial charge in [-0.05, 0) is 79.6 Å². The predicted octanol–water partition coefficient (Wildman–Crippen LogP) is 7.81. The van der Waals surface area contributed by atoms with E-state index in [9.17, 15) is 0 Å². The Morgan fingerprint density at radius 1 is 0.486 bits per heavy atom. The molecule has 0 atom stereocenters. The molecule has 4 aromatic rings. The van der Waals surface area contributed by atoms with E-state index in [0.29, 0.717) is 0 Å². The van der Waals surface area contributed by atoms with Crippen molar-refractivity contribution >= 4 is 11.4 Å². The minimum Gasteiger partial charge on any atom is -0.399 e. The lowest BCUT2D eigenvalue weighted by Crippen LogP contribution is -2.29. The highest BCUT2D eigenvalue weighted by molar-refractivity contribution is 5.87. The van der Waals surface area contributed by atoms with Crippen LogP contribution in [0.15, 0.2) is 84.9 Å². The summed E-state index contributed by atoms with van der Waals surface area (Å²) in [6, 6.07) is 30.9. The largest absolute Gasteiger partial charge is 0.399 e. The third-order valence-electron chi connectivity index (χ3n) is 7.56. The number of benzene rings is 4. The second-order valence-corrected chi connectivity index (χ2v) is 12.0. The Bertz CT molecular complexity index is 1280. The number of rotatable bonds is 2. The number of nitrogen functional groups attached to an aromatic ring is 2. The summed E-state index contributed by atoms with van der Waals surface area (Å²) >= 11 is 0. The molecule has 5 rings (SSSR count). The van der Waals surface area contributed by atoms with Gasteiger partial charge in [0.2, 0.25) is 0 Å². The van der Waals surface area contributed by atoms with Gasteiger partial charge in [0.15, 0.2) is 0 Å². The third kappa shape index (κ3) is 3.63. The molecule has 0 heterocycles. The molecule has 0 fully saturated rings. The Hall–Kier alpha value is -3.52. The maximum absolute atomic E-state index is 6.16. The Labute approximate surface area is 210 Å². The zero-order valence-electron chi connectivity index (χ0n) is 21.7. The highest BCUT2D eigenvalue weighted by Gasteiger charge is 2.47. The average molecular weight is 461 g/mol. The minimum absolute atomic E-state index is 0.0361. The number of hydrogen-bond acceptors (Lipinski definition) is 2. The fourth-order valence-corrected chi connectivity index (χ4v) is 5.51. The van der Waals surface area contributed by atoms with Gasteiger partial charge in [0.05, 0.1) is 5.41 Å². The van der Waals surface area contributed by atoms with Crippen LogP contribution >= 0.6 is 0 Å². The average Bonchev–Trinajstić information content (AvgIpc) is 3.09. The van der Waals surface area contributed by atoms with E-state index in [0.717, 1.165) is 11.4 Å². The van der Waals surface area contributed by atoms with Crippen LogP contribution in [0, 0.1) is 0 Å². The van der Waals surface area contributed by atoms with Crippen LogP contribution in [0.1, 0.15) is 74.9 Å². The molecule has 35 heavy (non-hydrogen) atoms. The molecule has 4 N–H and O–H groups in total. The molecule has 0 saturated carbocycles. The molecule has 2 heteroatoms. The van der Waals surface area contributed by atoms with E-state index in [-0.39, 0.29) is 10.8 Å². The minimum atomic E-state index is -0.464. The first kappa shape index (κ1) is 23.2. The molecule has 178 valence electrons. The highest BCUT2D eigenvalue weighted by Crippen LogP contribution is 2.57. The number of hydrogen-bond donors (Lipinski definition) is 2. The van der Waals surface area contributed by atoms with Crippen molar-refractivity contribution in [3.63, 3.8) is 0 Å². The lowest BCUT2D eigenvalue weighted by atomic mass is 9.66. The summed E-state index contributed by atoms with van der Waals surface area (Å²) in [6.07, 6.45) is 0. The van der Waals surface area contributed by atoms with E-state index in [1.807, 2.05) is 24.3 Å². The first-order valence-electron chi connectivity index (χ1n) is 12.4. The molecule has 0 spiro atoms. The standard InChI is InChI=1S/C33H36N2/c1-31(2,3)23-11-17-27-28-18-12-24(32(4,5)6)20-30(28)33(29(27)19-23,21-7-13-25(34)14-8-21)22-9-15-26(35)16-10-22/h7-20H,34-35H2,1-6H3. The molecule has 0 aromatic heterocycles. The summed E-state index contributed by atoms with van der Waals surface area (Å²) in [5.41, 5.74) is 23.8. The summed E-state index contributed by atoms with van der Waals surface area (Å²) in [5.74, 6) is 0. The quantitative estimate of drug-likeness (QED) is 0.264. The van der Waals surface area contributed by atoms with Gasteiger partial charge in [-0.25, -0.2) is 0 Å². The van der Waals surface area contributed by atoms with Gasteiger partial charge in [-0.15, -0.1) is 0 Å². The second-order valence-electron chi connectivity index (χ2n) is 12.0. The van der Waals surface area contributed by atoms with Crippen LogP contribution in [-0.2, 0) is 16.2 Å². The van der Waals surface area contributed by atoms with E-state index < -0.39 is 5.41 Å². The Balaban J connectivity index is 1.96. The van der Waals surface area contributed by atoms with Gasteiger partial charge in [0, 0.05) is 11.4 Å². The first-order chi connectivity index (χ1) is 16.4. The van der Waals surface area contributed by atoms with E-state index >= 15 is 0 Å².